The van der Waals surface area contributed by atoms with Crippen molar-refractivity contribution in [2.75, 3.05) is 20.6 Å². The Balaban J connectivity index is 1.92. The lowest BCUT2D eigenvalue weighted by molar-refractivity contribution is -0.538. The number of nitrogens with zero attached hydrogens (tertiary/aromatic N) is 5. The van der Waals surface area contributed by atoms with Crippen LogP contribution in [0.1, 0.15) is 25.8 Å². The van der Waals surface area contributed by atoms with E-state index in [2.05, 4.69) is 29.4 Å². The lowest BCUT2D eigenvalue weighted by Crippen LogP contribution is -2.61. The Kier molecular flexibility index (Phi) is 5.97. The highest BCUT2D eigenvalue weighted by Crippen LogP contribution is 2.20. The minimum Gasteiger partial charge on any atom is -0.270 e. The van der Waals surface area contributed by atoms with Crippen molar-refractivity contribution < 1.29 is 18.6 Å². The van der Waals surface area contributed by atoms with E-state index in [1.165, 1.54) is 30.3 Å². The fourth-order valence-electron chi connectivity index (χ4n) is 3.11. The number of carbonyl (C=O) groups is 2. The summed E-state index contributed by atoms with van der Waals surface area (Å²) in [5.74, 6) is 0.199. The smallest absolute Gasteiger partial charge is 0.270 e. The number of rotatable bonds is 5. The number of likely N-dealkylation sites (N-methyl/N-ethyl adjacent to an activating group) is 2. The monoisotopic (exact) mass is 421 g/mol. The van der Waals surface area contributed by atoms with E-state index < -0.39 is 17.9 Å². The summed E-state index contributed by atoms with van der Waals surface area (Å²) in [6, 6.07) is 3.20. The molecule has 1 fully saturated rings. The molecule has 1 atom stereocenters. The number of amidine groups is 1. The van der Waals surface area contributed by atoms with Crippen molar-refractivity contribution in [3.05, 3.63) is 34.6 Å². The molecule has 0 aromatic heterocycles. The maximum atomic E-state index is 13.9. The van der Waals surface area contributed by atoms with E-state index in [0.29, 0.717) is 24.3 Å². The highest BCUT2D eigenvalue weighted by atomic mass is 35.5. The topological polar surface area (TPSA) is 80.4 Å². The summed E-state index contributed by atoms with van der Waals surface area (Å²) in [4.78, 5) is 31.9. The number of benzene rings is 1. The quantitative estimate of drug-likeness (QED) is 0.449. The van der Waals surface area contributed by atoms with Crippen molar-refractivity contribution in [3.8, 4) is 0 Å². The number of hydrogen-bond acceptors (Lipinski definition) is 5. The van der Waals surface area contributed by atoms with Crippen LogP contribution in [0.15, 0.2) is 28.3 Å². The second kappa shape index (κ2) is 8.28. The highest BCUT2D eigenvalue weighted by molar-refractivity contribution is 6.33. The Morgan fingerprint density at radius 3 is 2.72 bits per heavy atom. The summed E-state index contributed by atoms with van der Waals surface area (Å²) in [7, 11) is 3.02. The third-order valence-corrected chi connectivity index (χ3v) is 5.17. The summed E-state index contributed by atoms with van der Waals surface area (Å²) in [6.07, 6.45) is 2.07. The number of halogens is 2. The lowest BCUT2D eigenvalue weighted by Gasteiger charge is -2.31. The second-order valence-corrected chi connectivity index (χ2v) is 7.72. The number of fused-ring (bicyclic) bond motifs is 1. The summed E-state index contributed by atoms with van der Waals surface area (Å²) in [6.45, 7) is 4.69. The first kappa shape index (κ1) is 20.9. The third kappa shape index (κ3) is 4.00. The molecule has 2 aliphatic rings. The van der Waals surface area contributed by atoms with Crippen molar-refractivity contribution in [3.63, 3.8) is 0 Å². The molecule has 154 valence electrons. The van der Waals surface area contributed by atoms with Gasteiger partial charge >= 0.3 is 12.0 Å². The van der Waals surface area contributed by atoms with Crippen LogP contribution in [0, 0.1) is 11.7 Å². The van der Waals surface area contributed by atoms with Gasteiger partial charge in [0, 0.05) is 14.1 Å². The zero-order chi connectivity index (χ0) is 21.3. The first-order valence-electron chi connectivity index (χ1n) is 9.23. The first-order valence-corrected chi connectivity index (χ1v) is 9.60. The van der Waals surface area contributed by atoms with Crippen LogP contribution in [0.25, 0.3) is 0 Å². The van der Waals surface area contributed by atoms with Crippen LogP contribution in [-0.4, -0.2) is 71.0 Å². The second-order valence-electron chi connectivity index (χ2n) is 7.32. The van der Waals surface area contributed by atoms with Gasteiger partial charge in [-0.25, -0.2) is 13.8 Å². The zero-order valence-electron chi connectivity index (χ0n) is 16.7. The molecule has 2 aliphatic heterocycles. The van der Waals surface area contributed by atoms with Crippen LogP contribution in [0.5, 0.6) is 0 Å². The molecule has 1 unspecified atom stereocenters. The largest absolute Gasteiger partial charge is 0.413 e. The van der Waals surface area contributed by atoms with Crippen LogP contribution in [-0.2, 0) is 4.79 Å². The number of hydrazone groups is 1. The molecule has 1 saturated heterocycles. The average Bonchev–Trinajstić information content (AvgIpc) is 3.04. The van der Waals surface area contributed by atoms with Gasteiger partial charge in [0.25, 0.3) is 5.91 Å². The molecule has 3 rings (SSSR count). The van der Waals surface area contributed by atoms with E-state index in [9.17, 15) is 14.0 Å². The predicted molar refractivity (Wildman–Crippen MR) is 109 cm³/mol. The number of aliphatic imine (C=N–C) groups is 1. The molecular formula is C19H23ClFN6O2+. The molecule has 1 aromatic rings. The van der Waals surface area contributed by atoms with Crippen molar-refractivity contribution in [2.24, 2.45) is 16.0 Å². The summed E-state index contributed by atoms with van der Waals surface area (Å²) >= 11 is 6.01. The Labute approximate surface area is 173 Å². The molecule has 0 spiro atoms. The average molecular weight is 422 g/mol. The van der Waals surface area contributed by atoms with Crippen molar-refractivity contribution in [1.29, 1.82) is 0 Å². The third-order valence-electron chi connectivity index (χ3n) is 4.84. The van der Waals surface area contributed by atoms with Gasteiger partial charge in [0.05, 0.1) is 23.3 Å². The van der Waals surface area contributed by atoms with Crippen LogP contribution >= 0.6 is 11.6 Å². The van der Waals surface area contributed by atoms with Gasteiger partial charge in [-0.3, -0.25) is 14.6 Å². The van der Waals surface area contributed by atoms with Crippen molar-refractivity contribution >= 4 is 41.5 Å². The SMILES string of the molecule is CC(C)CC[N+]1=C(N/N=C/c2c(F)cccc2Cl)N=C2C1C(=O)N(C)C(=O)N2C. The van der Waals surface area contributed by atoms with Gasteiger partial charge in [-0.15, -0.1) is 5.10 Å². The van der Waals surface area contributed by atoms with Crippen LogP contribution < -0.4 is 5.43 Å². The highest BCUT2D eigenvalue weighted by Gasteiger charge is 2.51. The molecule has 0 radical (unpaired) electrons. The Morgan fingerprint density at radius 1 is 1.34 bits per heavy atom. The van der Waals surface area contributed by atoms with Gasteiger partial charge in [-0.1, -0.05) is 36.5 Å². The number of nitrogens with one attached hydrogen (secondary N) is 1. The Hall–Kier alpha value is -2.81. The summed E-state index contributed by atoms with van der Waals surface area (Å²) in [5.41, 5.74) is 2.92. The van der Waals surface area contributed by atoms with E-state index in [4.69, 9.17) is 11.6 Å². The number of urea groups is 1. The molecular weight excluding hydrogens is 399 g/mol. The first-order chi connectivity index (χ1) is 13.7. The van der Waals surface area contributed by atoms with E-state index in [1.54, 1.807) is 17.7 Å². The molecule has 0 bridgehead atoms. The van der Waals surface area contributed by atoms with Gasteiger partial charge in [0.15, 0.2) is 0 Å². The molecule has 1 aromatic carbocycles. The maximum Gasteiger partial charge on any atom is 0.413 e. The van der Waals surface area contributed by atoms with E-state index in [-0.39, 0.29) is 16.5 Å². The van der Waals surface area contributed by atoms with Crippen LogP contribution in [0.2, 0.25) is 5.02 Å². The molecule has 10 heteroatoms. The van der Waals surface area contributed by atoms with Gasteiger partial charge < -0.3 is 0 Å². The van der Waals surface area contributed by atoms with Crippen molar-refractivity contribution in [2.45, 2.75) is 26.3 Å². The van der Waals surface area contributed by atoms with Gasteiger partial charge in [-0.2, -0.15) is 5.43 Å². The minimum absolute atomic E-state index is 0.141. The molecule has 1 N–H and O–H groups in total. The van der Waals surface area contributed by atoms with Gasteiger partial charge in [0.1, 0.15) is 5.82 Å². The Bertz CT molecular complexity index is 922. The number of amides is 3. The molecule has 2 heterocycles. The lowest BCUT2D eigenvalue weighted by atomic mass is 10.1. The predicted octanol–water partition coefficient (Wildman–Crippen LogP) is 2.12. The van der Waals surface area contributed by atoms with E-state index in [1.807, 2.05) is 0 Å². The van der Waals surface area contributed by atoms with Crippen molar-refractivity contribution in [1.82, 2.24) is 15.2 Å². The molecule has 0 saturated carbocycles. The van der Waals surface area contributed by atoms with Gasteiger partial charge in [-0.05, 0) is 24.5 Å². The van der Waals surface area contributed by atoms with E-state index >= 15 is 0 Å². The standard InChI is InChI=1S/C19H22ClFN6O2/c1-11(2)8-9-27-15-16(25(3)19(29)26(4)17(15)28)23-18(27)24-22-10-12-13(20)6-5-7-14(12)21/h5-7,10-11,15H,8-9H2,1-4H3/p+1/b22-10+. The zero-order valence-corrected chi connectivity index (χ0v) is 17.4. The fourth-order valence-corrected chi connectivity index (χ4v) is 3.32. The molecule has 29 heavy (non-hydrogen) atoms. The number of imide groups is 1. The minimum atomic E-state index is -0.712. The fraction of sp³-hybridized carbons (Fsp3) is 0.421. The maximum absolute atomic E-state index is 13.9. The Morgan fingerprint density at radius 2 is 2.07 bits per heavy atom. The van der Waals surface area contributed by atoms with Crippen LogP contribution in [0.3, 0.4) is 0 Å². The summed E-state index contributed by atoms with van der Waals surface area (Å²) in [5, 5.41) is 4.28. The van der Waals surface area contributed by atoms with Crippen LogP contribution in [0.4, 0.5) is 9.18 Å². The van der Waals surface area contributed by atoms with Gasteiger partial charge in [0.2, 0.25) is 11.9 Å². The molecule has 0 aliphatic carbocycles. The summed E-state index contributed by atoms with van der Waals surface area (Å²) < 4.78 is 15.7. The van der Waals surface area contributed by atoms with E-state index in [0.717, 1.165) is 11.3 Å². The normalized spacial score (nSPS) is 19.6. The number of carbonyl (C=O) groups excluding carboxylic acids is 2. The molecule has 8 nitrogen and oxygen atoms in total. The number of guanidine groups is 1. The number of hydrogen-bond donors (Lipinski definition) is 1. The molecule has 3 amide bonds.